The van der Waals surface area contributed by atoms with Crippen LogP contribution in [0.4, 0.5) is 0 Å². The molecule has 0 saturated carbocycles. The summed E-state index contributed by atoms with van der Waals surface area (Å²) in [7, 11) is 3.61. The lowest BCUT2D eigenvalue weighted by atomic mass is 10.2. The van der Waals surface area contributed by atoms with Crippen molar-refractivity contribution in [2.45, 2.75) is 32.9 Å². The van der Waals surface area contributed by atoms with Crippen molar-refractivity contribution in [3.05, 3.63) is 12.2 Å². The molecule has 1 rings (SSSR count). The Morgan fingerprint density at radius 2 is 2.16 bits per heavy atom. The molecule has 0 aliphatic heterocycles. The van der Waals surface area contributed by atoms with Crippen molar-refractivity contribution in [2.24, 2.45) is 5.92 Å². The molecular formula is C13H26N4O2. The van der Waals surface area contributed by atoms with E-state index in [4.69, 9.17) is 9.47 Å². The Bertz CT molecular complexity index is 341. The van der Waals surface area contributed by atoms with Gasteiger partial charge < -0.3 is 14.8 Å². The summed E-state index contributed by atoms with van der Waals surface area (Å²) >= 11 is 0. The summed E-state index contributed by atoms with van der Waals surface area (Å²) in [5, 5.41) is 7.52. The number of hydrogen-bond donors (Lipinski definition) is 1. The van der Waals surface area contributed by atoms with Crippen LogP contribution in [0.5, 0.6) is 0 Å². The standard InChI is InChI=1S/C13H26N4O2/c1-11(2)8-17-13(15-10-16-17)7-12(14-3)9-19-6-5-18-4/h10-12,14H,5-9H2,1-4H3. The first-order valence-electron chi connectivity index (χ1n) is 6.78. The van der Waals surface area contributed by atoms with Crippen molar-refractivity contribution in [3.8, 4) is 0 Å². The number of aromatic nitrogens is 3. The number of likely N-dealkylation sites (N-methyl/N-ethyl adjacent to an activating group) is 1. The largest absolute Gasteiger partial charge is 0.382 e. The molecule has 110 valence electrons. The first kappa shape index (κ1) is 16.1. The Hall–Kier alpha value is -0.980. The number of hydrogen-bond acceptors (Lipinski definition) is 5. The van der Waals surface area contributed by atoms with Crippen molar-refractivity contribution in [2.75, 3.05) is 34.0 Å². The Morgan fingerprint density at radius 1 is 1.37 bits per heavy atom. The van der Waals surface area contributed by atoms with Crippen LogP contribution in [0.3, 0.4) is 0 Å². The van der Waals surface area contributed by atoms with Gasteiger partial charge in [0.15, 0.2) is 0 Å². The van der Waals surface area contributed by atoms with Crippen LogP contribution < -0.4 is 5.32 Å². The summed E-state index contributed by atoms with van der Waals surface area (Å²) in [5.41, 5.74) is 0. The highest BCUT2D eigenvalue weighted by molar-refractivity contribution is 4.90. The zero-order chi connectivity index (χ0) is 14.1. The zero-order valence-corrected chi connectivity index (χ0v) is 12.4. The molecule has 0 aliphatic carbocycles. The van der Waals surface area contributed by atoms with Crippen molar-refractivity contribution in [1.29, 1.82) is 0 Å². The number of nitrogens with one attached hydrogen (secondary N) is 1. The number of methoxy groups -OCH3 is 1. The van der Waals surface area contributed by atoms with Crippen molar-refractivity contribution in [3.63, 3.8) is 0 Å². The van der Waals surface area contributed by atoms with E-state index in [2.05, 4.69) is 29.2 Å². The first-order chi connectivity index (χ1) is 9.17. The molecule has 19 heavy (non-hydrogen) atoms. The third kappa shape index (κ3) is 6.13. The van der Waals surface area contributed by atoms with Crippen molar-refractivity contribution < 1.29 is 9.47 Å². The molecule has 1 heterocycles. The maximum atomic E-state index is 5.55. The molecule has 0 aliphatic rings. The molecule has 1 unspecified atom stereocenters. The normalized spacial score (nSPS) is 13.1. The van der Waals surface area contributed by atoms with Gasteiger partial charge in [-0.15, -0.1) is 0 Å². The molecule has 0 aromatic carbocycles. The van der Waals surface area contributed by atoms with Crippen LogP contribution in [0, 0.1) is 5.92 Å². The summed E-state index contributed by atoms with van der Waals surface area (Å²) in [5.74, 6) is 1.56. The van der Waals surface area contributed by atoms with E-state index in [-0.39, 0.29) is 6.04 Å². The van der Waals surface area contributed by atoms with Gasteiger partial charge in [-0.2, -0.15) is 5.10 Å². The predicted octanol–water partition coefficient (Wildman–Crippen LogP) is 0.728. The van der Waals surface area contributed by atoms with E-state index in [1.807, 2.05) is 11.7 Å². The Balaban J connectivity index is 2.44. The van der Waals surface area contributed by atoms with Crippen LogP contribution in [0.15, 0.2) is 6.33 Å². The number of rotatable bonds is 10. The van der Waals surface area contributed by atoms with Gasteiger partial charge in [0.05, 0.1) is 19.8 Å². The minimum absolute atomic E-state index is 0.243. The molecular weight excluding hydrogens is 244 g/mol. The summed E-state index contributed by atoms with van der Waals surface area (Å²) in [6.07, 6.45) is 2.44. The Morgan fingerprint density at radius 3 is 2.79 bits per heavy atom. The molecule has 6 heteroatoms. The average molecular weight is 270 g/mol. The Kier molecular flexibility index (Phi) is 7.62. The van der Waals surface area contributed by atoms with Gasteiger partial charge in [-0.3, -0.25) is 0 Å². The van der Waals surface area contributed by atoms with E-state index >= 15 is 0 Å². The lowest BCUT2D eigenvalue weighted by Gasteiger charge is -2.17. The van der Waals surface area contributed by atoms with Crippen LogP contribution in [-0.2, 0) is 22.4 Å². The molecule has 0 bridgehead atoms. The van der Waals surface area contributed by atoms with Crippen LogP contribution in [0.2, 0.25) is 0 Å². The minimum Gasteiger partial charge on any atom is -0.382 e. The number of ether oxygens (including phenoxy) is 2. The smallest absolute Gasteiger partial charge is 0.138 e. The van der Waals surface area contributed by atoms with E-state index in [1.54, 1.807) is 13.4 Å². The van der Waals surface area contributed by atoms with Gasteiger partial charge in [0.1, 0.15) is 12.2 Å². The zero-order valence-electron chi connectivity index (χ0n) is 12.4. The fraction of sp³-hybridized carbons (Fsp3) is 0.846. The molecule has 0 radical (unpaired) electrons. The first-order valence-corrected chi connectivity index (χ1v) is 6.78. The van der Waals surface area contributed by atoms with E-state index in [9.17, 15) is 0 Å². The van der Waals surface area contributed by atoms with Gasteiger partial charge in [-0.1, -0.05) is 13.8 Å². The van der Waals surface area contributed by atoms with Crippen LogP contribution in [0.1, 0.15) is 19.7 Å². The number of nitrogens with zero attached hydrogens (tertiary/aromatic N) is 3. The van der Waals surface area contributed by atoms with Crippen LogP contribution in [0.25, 0.3) is 0 Å². The highest BCUT2D eigenvalue weighted by Gasteiger charge is 2.13. The molecule has 1 atom stereocenters. The van der Waals surface area contributed by atoms with Crippen LogP contribution in [-0.4, -0.2) is 54.8 Å². The van der Waals surface area contributed by atoms with E-state index in [0.717, 1.165) is 18.8 Å². The van der Waals surface area contributed by atoms with E-state index < -0.39 is 0 Å². The van der Waals surface area contributed by atoms with Gasteiger partial charge >= 0.3 is 0 Å². The molecule has 0 amide bonds. The second-order valence-corrected chi connectivity index (χ2v) is 5.01. The maximum absolute atomic E-state index is 5.55. The molecule has 1 N–H and O–H groups in total. The van der Waals surface area contributed by atoms with Gasteiger partial charge in [-0.05, 0) is 13.0 Å². The molecule has 6 nitrogen and oxygen atoms in total. The maximum Gasteiger partial charge on any atom is 0.138 e. The SMILES string of the molecule is CNC(COCCOC)Cc1ncnn1CC(C)C. The van der Waals surface area contributed by atoms with Gasteiger partial charge in [-0.25, -0.2) is 9.67 Å². The fourth-order valence-electron chi connectivity index (χ4n) is 1.78. The molecule has 0 saturated heterocycles. The minimum atomic E-state index is 0.243. The van der Waals surface area contributed by atoms with Crippen LogP contribution >= 0.6 is 0 Å². The fourth-order valence-corrected chi connectivity index (χ4v) is 1.78. The summed E-state index contributed by atoms with van der Waals surface area (Å²) in [6, 6.07) is 0.243. The topological polar surface area (TPSA) is 61.2 Å². The van der Waals surface area contributed by atoms with E-state index in [1.165, 1.54) is 0 Å². The predicted molar refractivity (Wildman–Crippen MR) is 74.1 cm³/mol. The van der Waals surface area contributed by atoms with Gasteiger partial charge in [0.2, 0.25) is 0 Å². The van der Waals surface area contributed by atoms with Crippen molar-refractivity contribution >= 4 is 0 Å². The average Bonchev–Trinajstić information content (AvgIpc) is 2.79. The van der Waals surface area contributed by atoms with Crippen molar-refractivity contribution in [1.82, 2.24) is 20.1 Å². The highest BCUT2D eigenvalue weighted by atomic mass is 16.5. The summed E-state index contributed by atoms with van der Waals surface area (Å²) < 4.78 is 12.5. The highest BCUT2D eigenvalue weighted by Crippen LogP contribution is 2.04. The second kappa shape index (κ2) is 9.01. The third-order valence-electron chi connectivity index (χ3n) is 2.82. The Labute approximate surface area is 115 Å². The lowest BCUT2D eigenvalue weighted by Crippen LogP contribution is -2.34. The molecule has 0 spiro atoms. The molecule has 1 aromatic rings. The monoisotopic (exact) mass is 270 g/mol. The second-order valence-electron chi connectivity index (χ2n) is 5.01. The van der Waals surface area contributed by atoms with E-state index in [0.29, 0.717) is 25.7 Å². The summed E-state index contributed by atoms with van der Waals surface area (Å²) in [6.45, 7) is 7.14. The molecule has 1 aromatic heterocycles. The van der Waals surface area contributed by atoms with Gasteiger partial charge in [0.25, 0.3) is 0 Å². The molecule has 0 fully saturated rings. The third-order valence-corrected chi connectivity index (χ3v) is 2.82. The summed E-state index contributed by atoms with van der Waals surface area (Å²) in [4.78, 5) is 4.33. The lowest BCUT2D eigenvalue weighted by molar-refractivity contribution is 0.0593. The quantitative estimate of drug-likeness (QED) is 0.635. The van der Waals surface area contributed by atoms with Gasteiger partial charge in [0, 0.05) is 26.1 Å².